The third kappa shape index (κ3) is 1.81. The van der Waals surface area contributed by atoms with Crippen molar-refractivity contribution in [2.24, 2.45) is 0 Å². The quantitative estimate of drug-likeness (QED) is 0.742. The molecule has 0 aromatic carbocycles. The lowest BCUT2D eigenvalue weighted by atomic mass is 10.4. The number of H-pyrrole nitrogens is 1. The summed E-state index contributed by atoms with van der Waals surface area (Å²) in [6, 6.07) is 0. The molecule has 2 heterocycles. The number of anilines is 1. The van der Waals surface area contributed by atoms with E-state index in [2.05, 4.69) is 21.9 Å². The fourth-order valence-electron chi connectivity index (χ4n) is 1.46. The van der Waals surface area contributed by atoms with Gasteiger partial charge in [-0.1, -0.05) is 19.1 Å². The Kier molecular flexibility index (Phi) is 2.72. The van der Waals surface area contributed by atoms with Gasteiger partial charge in [0.2, 0.25) is 5.95 Å². The Morgan fingerprint density at radius 1 is 1.56 bits per heavy atom. The molecule has 0 aliphatic carbocycles. The fourth-order valence-corrected chi connectivity index (χ4v) is 1.46. The second-order valence-corrected chi connectivity index (χ2v) is 3.40. The summed E-state index contributed by atoms with van der Waals surface area (Å²) in [6.45, 7) is 2.70. The second-order valence-electron chi connectivity index (χ2n) is 3.40. The predicted molar refractivity (Wildman–Crippen MR) is 62.0 cm³/mol. The minimum Gasteiger partial charge on any atom is -0.369 e. The highest BCUT2D eigenvalue weighted by molar-refractivity contribution is 5.70. The van der Waals surface area contributed by atoms with Gasteiger partial charge >= 0.3 is 0 Å². The number of allylic oxidation sites excluding steroid dienone is 2. The summed E-state index contributed by atoms with van der Waals surface area (Å²) in [5.74, 6) is 0.110. The first-order valence-electron chi connectivity index (χ1n) is 5.08. The van der Waals surface area contributed by atoms with Crippen molar-refractivity contribution in [3.05, 3.63) is 28.8 Å². The SMILES string of the molecule is CC/C=C\Cn1cnc2c(=O)[nH]c(N)nc21. The first-order chi connectivity index (χ1) is 7.72. The zero-order valence-electron chi connectivity index (χ0n) is 8.97. The van der Waals surface area contributed by atoms with Crippen molar-refractivity contribution >= 4 is 17.1 Å². The van der Waals surface area contributed by atoms with Gasteiger partial charge in [0, 0.05) is 6.54 Å². The van der Waals surface area contributed by atoms with Crippen molar-refractivity contribution in [1.29, 1.82) is 0 Å². The molecule has 0 atom stereocenters. The van der Waals surface area contributed by atoms with E-state index in [9.17, 15) is 4.79 Å². The molecule has 16 heavy (non-hydrogen) atoms. The van der Waals surface area contributed by atoms with Crippen LogP contribution in [-0.2, 0) is 6.54 Å². The minimum atomic E-state index is -0.305. The number of hydrogen-bond acceptors (Lipinski definition) is 4. The number of imidazole rings is 1. The molecule has 6 nitrogen and oxygen atoms in total. The van der Waals surface area contributed by atoms with Gasteiger partial charge in [-0.2, -0.15) is 4.98 Å². The van der Waals surface area contributed by atoms with Crippen LogP contribution in [0.2, 0.25) is 0 Å². The maximum absolute atomic E-state index is 11.5. The maximum atomic E-state index is 11.5. The lowest BCUT2D eigenvalue weighted by Gasteiger charge is -1.98. The molecule has 0 amide bonds. The van der Waals surface area contributed by atoms with E-state index in [0.29, 0.717) is 17.7 Å². The maximum Gasteiger partial charge on any atom is 0.280 e. The molecule has 3 N–H and O–H groups in total. The molecule has 0 saturated carbocycles. The van der Waals surface area contributed by atoms with Gasteiger partial charge in [0.1, 0.15) is 0 Å². The molecule has 0 aliphatic rings. The fraction of sp³-hybridized carbons (Fsp3) is 0.300. The normalized spacial score (nSPS) is 11.6. The Balaban J connectivity index is 2.47. The Labute approximate surface area is 91.8 Å². The molecular weight excluding hydrogens is 206 g/mol. The molecular formula is C10H13N5O. The van der Waals surface area contributed by atoms with Crippen LogP contribution in [0, 0.1) is 0 Å². The summed E-state index contributed by atoms with van der Waals surface area (Å²) in [5.41, 5.74) is 6.01. The number of aromatic nitrogens is 4. The number of rotatable bonds is 3. The van der Waals surface area contributed by atoms with E-state index in [1.54, 1.807) is 10.9 Å². The van der Waals surface area contributed by atoms with E-state index < -0.39 is 0 Å². The number of hydrogen-bond donors (Lipinski definition) is 2. The molecule has 84 valence electrons. The molecule has 2 aromatic heterocycles. The van der Waals surface area contributed by atoms with E-state index in [1.807, 2.05) is 12.2 Å². The molecule has 2 rings (SSSR count). The number of aromatic amines is 1. The van der Waals surface area contributed by atoms with Gasteiger partial charge in [0.05, 0.1) is 6.33 Å². The molecule has 0 aliphatic heterocycles. The summed E-state index contributed by atoms with van der Waals surface area (Å²) in [7, 11) is 0. The van der Waals surface area contributed by atoms with Crippen LogP contribution < -0.4 is 11.3 Å². The van der Waals surface area contributed by atoms with Crippen LogP contribution in [-0.4, -0.2) is 19.5 Å². The van der Waals surface area contributed by atoms with E-state index >= 15 is 0 Å². The van der Waals surface area contributed by atoms with Crippen molar-refractivity contribution in [2.45, 2.75) is 19.9 Å². The average Bonchev–Trinajstić information content (AvgIpc) is 2.62. The summed E-state index contributed by atoms with van der Waals surface area (Å²) >= 11 is 0. The molecule has 0 spiro atoms. The van der Waals surface area contributed by atoms with Crippen molar-refractivity contribution < 1.29 is 0 Å². The van der Waals surface area contributed by atoms with Crippen LogP contribution >= 0.6 is 0 Å². The molecule has 0 unspecified atom stereocenters. The average molecular weight is 219 g/mol. The van der Waals surface area contributed by atoms with Crippen LogP contribution in [0.4, 0.5) is 5.95 Å². The Morgan fingerprint density at radius 2 is 2.38 bits per heavy atom. The van der Waals surface area contributed by atoms with Crippen molar-refractivity contribution in [2.75, 3.05) is 5.73 Å². The Morgan fingerprint density at radius 3 is 3.12 bits per heavy atom. The lowest BCUT2D eigenvalue weighted by Crippen LogP contribution is -2.12. The highest BCUT2D eigenvalue weighted by atomic mass is 16.1. The molecule has 0 bridgehead atoms. The van der Waals surface area contributed by atoms with Crippen molar-refractivity contribution in [1.82, 2.24) is 19.5 Å². The van der Waals surface area contributed by atoms with Gasteiger partial charge in [-0.05, 0) is 6.42 Å². The Hall–Kier alpha value is -2.11. The van der Waals surface area contributed by atoms with Gasteiger partial charge in [-0.15, -0.1) is 0 Å². The molecule has 6 heteroatoms. The molecule has 0 saturated heterocycles. The zero-order chi connectivity index (χ0) is 11.5. The van der Waals surface area contributed by atoms with E-state index in [4.69, 9.17) is 5.73 Å². The van der Waals surface area contributed by atoms with Crippen LogP contribution in [0.15, 0.2) is 23.3 Å². The highest BCUT2D eigenvalue weighted by Gasteiger charge is 2.07. The number of fused-ring (bicyclic) bond motifs is 1. The lowest BCUT2D eigenvalue weighted by molar-refractivity contribution is 0.834. The summed E-state index contributed by atoms with van der Waals surface area (Å²) < 4.78 is 1.78. The van der Waals surface area contributed by atoms with Crippen LogP contribution in [0.1, 0.15) is 13.3 Å². The van der Waals surface area contributed by atoms with Gasteiger partial charge < -0.3 is 10.3 Å². The molecule has 2 aromatic rings. The monoisotopic (exact) mass is 219 g/mol. The number of nitrogens with one attached hydrogen (secondary N) is 1. The topological polar surface area (TPSA) is 89.6 Å². The van der Waals surface area contributed by atoms with Gasteiger partial charge in [-0.25, -0.2) is 4.98 Å². The standard InChI is InChI=1S/C10H13N5O/c1-2-3-4-5-15-6-12-7-8(15)13-10(11)14-9(7)16/h3-4,6H,2,5H2,1H3,(H3,11,13,14,16)/b4-3-. The number of nitrogens with two attached hydrogens (primary N) is 1. The van der Waals surface area contributed by atoms with E-state index in [0.717, 1.165) is 6.42 Å². The zero-order valence-corrected chi connectivity index (χ0v) is 8.97. The highest BCUT2D eigenvalue weighted by Crippen LogP contribution is 2.06. The van der Waals surface area contributed by atoms with Crippen LogP contribution in [0.3, 0.4) is 0 Å². The Bertz CT molecular complexity index is 580. The number of nitrogens with zero attached hydrogens (tertiary/aromatic N) is 3. The third-order valence-corrected chi connectivity index (χ3v) is 2.20. The van der Waals surface area contributed by atoms with Crippen LogP contribution in [0.5, 0.6) is 0 Å². The molecule has 0 radical (unpaired) electrons. The van der Waals surface area contributed by atoms with Crippen LogP contribution in [0.25, 0.3) is 11.2 Å². The first kappa shape index (κ1) is 10.4. The second kappa shape index (κ2) is 4.18. The van der Waals surface area contributed by atoms with Crippen molar-refractivity contribution in [3.8, 4) is 0 Å². The first-order valence-corrected chi connectivity index (χ1v) is 5.08. The summed E-state index contributed by atoms with van der Waals surface area (Å²) in [5, 5.41) is 0. The third-order valence-electron chi connectivity index (χ3n) is 2.20. The minimum absolute atomic E-state index is 0.110. The van der Waals surface area contributed by atoms with Gasteiger partial charge in [0.25, 0.3) is 5.56 Å². The van der Waals surface area contributed by atoms with Crippen molar-refractivity contribution in [3.63, 3.8) is 0 Å². The van der Waals surface area contributed by atoms with E-state index in [-0.39, 0.29) is 11.5 Å². The number of nitrogen functional groups attached to an aromatic ring is 1. The largest absolute Gasteiger partial charge is 0.369 e. The van der Waals surface area contributed by atoms with E-state index in [1.165, 1.54) is 0 Å². The summed E-state index contributed by atoms with van der Waals surface area (Å²) in [6.07, 6.45) is 6.61. The van der Waals surface area contributed by atoms with Gasteiger partial charge in [0.15, 0.2) is 11.2 Å². The predicted octanol–water partition coefficient (Wildman–Crippen LogP) is 0.668. The van der Waals surface area contributed by atoms with Gasteiger partial charge in [-0.3, -0.25) is 9.78 Å². The summed E-state index contributed by atoms with van der Waals surface area (Å²) in [4.78, 5) is 22.0. The molecule has 0 fully saturated rings. The smallest absolute Gasteiger partial charge is 0.280 e.